The first-order valence-corrected chi connectivity index (χ1v) is 5.40. The molecule has 0 aliphatic heterocycles. The number of carboxylic acids is 1. The van der Waals surface area contributed by atoms with Crippen molar-refractivity contribution in [3.8, 4) is 0 Å². The maximum absolute atomic E-state index is 11.2. The van der Waals surface area contributed by atoms with Crippen LogP contribution in [0.1, 0.15) is 27.0 Å². The molecule has 0 atom stereocenters. The predicted molar refractivity (Wildman–Crippen MR) is 66.6 cm³/mol. The van der Waals surface area contributed by atoms with E-state index in [2.05, 4.69) is 10.0 Å². The lowest BCUT2D eigenvalue weighted by molar-refractivity contribution is -0.386. The molecular weight excluding hydrogens is 288 g/mol. The van der Waals surface area contributed by atoms with Crippen molar-refractivity contribution in [2.75, 3.05) is 0 Å². The van der Waals surface area contributed by atoms with Gasteiger partial charge in [-0.3, -0.25) is 10.1 Å². The summed E-state index contributed by atoms with van der Waals surface area (Å²) >= 11 is 0. The highest BCUT2D eigenvalue weighted by Gasteiger charge is 2.33. The van der Waals surface area contributed by atoms with Gasteiger partial charge in [0.2, 0.25) is 0 Å². The molecule has 1 aromatic rings. The second-order valence-corrected chi connectivity index (χ2v) is 3.73. The molecule has 0 aromatic heterocycles. The van der Waals surface area contributed by atoms with E-state index < -0.39 is 58.8 Å². The zero-order chi connectivity index (χ0) is 16.2. The molecule has 0 radical (unpaired) electrons. The Balaban J connectivity index is 4.10. The minimum absolute atomic E-state index is 0.309. The number of nitro benzene ring substituents is 1. The summed E-state index contributed by atoms with van der Waals surface area (Å²) in [6.07, 6.45) is 0. The van der Waals surface area contributed by atoms with E-state index in [4.69, 9.17) is 10.6 Å². The number of carbonyl (C=O) groups is 1. The SMILES string of the molecule is [N-]=[N+]=Nc1c(CO)c(CO)c([N+](=O)[O-])c(C(=O)O)c1CO. The van der Waals surface area contributed by atoms with Crippen LogP contribution < -0.4 is 0 Å². The number of benzene rings is 1. The fourth-order valence-electron chi connectivity index (χ4n) is 1.97. The van der Waals surface area contributed by atoms with Crippen LogP contribution in [0.3, 0.4) is 0 Å². The number of carboxylic acid groups (broad SMARTS) is 1. The van der Waals surface area contributed by atoms with E-state index >= 15 is 0 Å². The van der Waals surface area contributed by atoms with Crippen LogP contribution in [0.25, 0.3) is 10.4 Å². The molecule has 1 aromatic carbocycles. The van der Waals surface area contributed by atoms with Crippen LogP contribution in [0.4, 0.5) is 11.4 Å². The third-order valence-corrected chi connectivity index (χ3v) is 2.78. The Morgan fingerprint density at radius 3 is 2.05 bits per heavy atom. The van der Waals surface area contributed by atoms with Crippen molar-refractivity contribution in [3.63, 3.8) is 0 Å². The summed E-state index contributed by atoms with van der Waals surface area (Å²) in [5, 5.41) is 51.1. The Labute approximate surface area is 116 Å². The minimum Gasteiger partial charge on any atom is -0.477 e. The number of nitrogens with zero attached hydrogens (tertiary/aromatic N) is 4. The van der Waals surface area contributed by atoms with Gasteiger partial charge in [-0.1, -0.05) is 5.11 Å². The molecule has 0 bridgehead atoms. The van der Waals surface area contributed by atoms with Gasteiger partial charge >= 0.3 is 5.97 Å². The predicted octanol–water partition coefficient (Wildman–Crippen LogP) is 0.712. The van der Waals surface area contributed by atoms with Gasteiger partial charge < -0.3 is 20.4 Å². The number of hydrogen-bond donors (Lipinski definition) is 4. The number of aromatic carboxylic acids is 1. The van der Waals surface area contributed by atoms with E-state index in [9.17, 15) is 30.2 Å². The third-order valence-electron chi connectivity index (χ3n) is 2.78. The van der Waals surface area contributed by atoms with Gasteiger partial charge in [-0.25, -0.2) is 4.79 Å². The largest absolute Gasteiger partial charge is 0.477 e. The third kappa shape index (κ3) is 2.75. The van der Waals surface area contributed by atoms with Crippen molar-refractivity contribution in [2.24, 2.45) is 5.11 Å². The van der Waals surface area contributed by atoms with Crippen LogP contribution in [-0.4, -0.2) is 31.3 Å². The van der Waals surface area contributed by atoms with E-state index in [1.165, 1.54) is 0 Å². The van der Waals surface area contributed by atoms with Crippen LogP contribution in [-0.2, 0) is 19.8 Å². The normalized spacial score (nSPS) is 10.0. The number of rotatable bonds is 6. The fraction of sp³-hybridized carbons (Fsp3) is 0.300. The number of azide groups is 1. The van der Waals surface area contributed by atoms with Crippen molar-refractivity contribution in [3.05, 3.63) is 42.8 Å². The molecule has 1 rings (SSSR count). The van der Waals surface area contributed by atoms with Crippen molar-refractivity contribution < 1.29 is 30.1 Å². The van der Waals surface area contributed by atoms with Gasteiger partial charge in [0.15, 0.2) is 0 Å². The fourth-order valence-corrected chi connectivity index (χ4v) is 1.97. The Kier molecular flexibility index (Phi) is 5.16. The maximum Gasteiger partial charge on any atom is 0.343 e. The molecule has 0 saturated heterocycles. The molecule has 21 heavy (non-hydrogen) atoms. The average molecular weight is 298 g/mol. The summed E-state index contributed by atoms with van der Waals surface area (Å²) < 4.78 is 0. The molecule has 11 heteroatoms. The molecule has 112 valence electrons. The summed E-state index contributed by atoms with van der Waals surface area (Å²) in [7, 11) is 0. The van der Waals surface area contributed by atoms with Crippen LogP contribution in [0.15, 0.2) is 5.11 Å². The number of nitro groups is 1. The van der Waals surface area contributed by atoms with Crippen LogP contribution in [0.2, 0.25) is 0 Å². The van der Waals surface area contributed by atoms with Gasteiger partial charge in [0.25, 0.3) is 5.69 Å². The van der Waals surface area contributed by atoms with Gasteiger partial charge in [-0.05, 0) is 11.1 Å². The molecule has 0 heterocycles. The zero-order valence-electron chi connectivity index (χ0n) is 10.4. The molecule has 0 unspecified atom stereocenters. The lowest BCUT2D eigenvalue weighted by Crippen LogP contribution is -2.13. The second-order valence-electron chi connectivity index (χ2n) is 3.73. The summed E-state index contributed by atoms with van der Waals surface area (Å²) in [4.78, 5) is 23.7. The monoisotopic (exact) mass is 298 g/mol. The number of aliphatic hydroxyl groups is 3. The van der Waals surface area contributed by atoms with Crippen molar-refractivity contribution >= 4 is 17.3 Å². The lowest BCUT2D eigenvalue weighted by Gasteiger charge is -2.15. The molecule has 11 nitrogen and oxygen atoms in total. The smallest absolute Gasteiger partial charge is 0.343 e. The summed E-state index contributed by atoms with van der Waals surface area (Å²) in [6.45, 7) is -2.76. The summed E-state index contributed by atoms with van der Waals surface area (Å²) in [6, 6.07) is 0. The van der Waals surface area contributed by atoms with E-state index in [-0.39, 0.29) is 5.56 Å². The molecule has 0 spiro atoms. The van der Waals surface area contributed by atoms with E-state index in [0.29, 0.717) is 0 Å². The zero-order valence-corrected chi connectivity index (χ0v) is 10.4. The molecule has 4 N–H and O–H groups in total. The maximum atomic E-state index is 11.2. The van der Waals surface area contributed by atoms with E-state index in [0.717, 1.165) is 0 Å². The molecule has 0 fully saturated rings. The topological polar surface area (TPSA) is 190 Å². The Morgan fingerprint density at radius 2 is 1.71 bits per heavy atom. The molecule has 0 aliphatic rings. The molecule has 0 saturated carbocycles. The first-order valence-electron chi connectivity index (χ1n) is 5.40. The van der Waals surface area contributed by atoms with Crippen LogP contribution >= 0.6 is 0 Å². The van der Waals surface area contributed by atoms with E-state index in [1.54, 1.807) is 0 Å². The first-order chi connectivity index (χ1) is 9.94. The van der Waals surface area contributed by atoms with E-state index in [1.807, 2.05) is 0 Å². The number of hydrogen-bond acceptors (Lipinski definition) is 7. The Morgan fingerprint density at radius 1 is 1.19 bits per heavy atom. The average Bonchev–Trinajstić information content (AvgIpc) is 2.44. The lowest BCUT2D eigenvalue weighted by atomic mass is 9.93. The highest BCUT2D eigenvalue weighted by Crippen LogP contribution is 2.39. The van der Waals surface area contributed by atoms with Gasteiger partial charge in [0.1, 0.15) is 5.56 Å². The van der Waals surface area contributed by atoms with Gasteiger partial charge in [-0.15, -0.1) is 0 Å². The van der Waals surface area contributed by atoms with Gasteiger partial charge in [-0.2, -0.15) is 0 Å². The Bertz CT molecular complexity index is 652. The highest BCUT2D eigenvalue weighted by atomic mass is 16.6. The summed E-state index contributed by atoms with van der Waals surface area (Å²) in [5.41, 5.74) is 4.87. The van der Waals surface area contributed by atoms with Crippen molar-refractivity contribution in [1.29, 1.82) is 0 Å². The molecule has 0 aliphatic carbocycles. The van der Waals surface area contributed by atoms with Gasteiger partial charge in [0, 0.05) is 10.5 Å². The van der Waals surface area contributed by atoms with Crippen molar-refractivity contribution in [1.82, 2.24) is 0 Å². The summed E-state index contributed by atoms with van der Waals surface area (Å²) in [5.74, 6) is -1.74. The van der Waals surface area contributed by atoms with Crippen LogP contribution in [0, 0.1) is 10.1 Å². The highest BCUT2D eigenvalue weighted by molar-refractivity contribution is 5.97. The standard InChI is InChI=1S/C10H10N4O7/c11-13-12-8-4(1-15)5(2-16)9(14(20)21)7(10(18)19)6(8)3-17/h15-17H,1-3H2,(H,18,19). The molecule has 0 amide bonds. The first kappa shape index (κ1) is 16.3. The minimum atomic E-state index is -1.74. The number of aliphatic hydroxyl groups excluding tert-OH is 3. The Hall–Kier alpha value is -2.72. The van der Waals surface area contributed by atoms with Crippen LogP contribution in [0.5, 0.6) is 0 Å². The van der Waals surface area contributed by atoms with Gasteiger partial charge in [0.05, 0.1) is 36.0 Å². The molecular formula is C10H10N4O7. The van der Waals surface area contributed by atoms with Crippen molar-refractivity contribution in [2.45, 2.75) is 19.8 Å². The quantitative estimate of drug-likeness (QED) is 0.195. The second kappa shape index (κ2) is 6.63.